The second kappa shape index (κ2) is 7.69. The van der Waals surface area contributed by atoms with Crippen molar-refractivity contribution < 1.29 is 0 Å². The maximum atomic E-state index is 2.41. The fourth-order valence-electron chi connectivity index (χ4n) is 6.78. The van der Waals surface area contributed by atoms with Crippen LogP contribution in [0.2, 0.25) is 0 Å². The van der Waals surface area contributed by atoms with Crippen molar-refractivity contribution in [3.05, 3.63) is 140 Å². The largest absolute Gasteiger partial charge is 0.309 e. The molecule has 1 aromatic heterocycles. The van der Waals surface area contributed by atoms with E-state index in [1.807, 2.05) is 0 Å². The second-order valence-corrected chi connectivity index (χ2v) is 10.6. The molecule has 0 radical (unpaired) electrons. The summed E-state index contributed by atoms with van der Waals surface area (Å²) in [5, 5.41) is 13.0. The molecule has 0 spiro atoms. The molecule has 0 saturated carbocycles. The average molecular weight is 494 g/mol. The van der Waals surface area contributed by atoms with Gasteiger partial charge in [-0.3, -0.25) is 0 Å². The molecule has 0 aliphatic heterocycles. The molecule has 0 saturated heterocycles. The van der Waals surface area contributed by atoms with Gasteiger partial charge in [-0.05, 0) is 90.6 Å². The van der Waals surface area contributed by atoms with E-state index in [0.29, 0.717) is 0 Å². The van der Waals surface area contributed by atoms with Crippen LogP contribution in [0.3, 0.4) is 0 Å². The number of hydrogen-bond donors (Lipinski definition) is 0. The van der Waals surface area contributed by atoms with Crippen LogP contribution >= 0.6 is 0 Å². The Bertz CT molecular complexity index is 2260. The molecule has 0 aliphatic carbocycles. The molecule has 8 aromatic carbocycles. The number of aromatic nitrogens is 1. The molecule has 9 rings (SSSR count). The van der Waals surface area contributed by atoms with Crippen molar-refractivity contribution in [2.45, 2.75) is 0 Å². The minimum absolute atomic E-state index is 1.20. The zero-order valence-corrected chi connectivity index (χ0v) is 21.2. The van der Waals surface area contributed by atoms with Crippen molar-refractivity contribution in [1.29, 1.82) is 0 Å². The van der Waals surface area contributed by atoms with Gasteiger partial charge in [0.15, 0.2) is 0 Å². The third-order valence-electron chi connectivity index (χ3n) is 8.46. The van der Waals surface area contributed by atoms with Gasteiger partial charge in [0.1, 0.15) is 0 Å². The molecule has 1 heteroatoms. The lowest BCUT2D eigenvalue weighted by Gasteiger charge is -2.16. The van der Waals surface area contributed by atoms with E-state index in [9.17, 15) is 0 Å². The molecule has 0 N–H and O–H groups in total. The summed E-state index contributed by atoms with van der Waals surface area (Å²) < 4.78 is 2.41. The Morgan fingerprint density at radius 2 is 0.846 bits per heavy atom. The van der Waals surface area contributed by atoms with Crippen LogP contribution in [-0.2, 0) is 0 Å². The van der Waals surface area contributed by atoms with E-state index in [1.54, 1.807) is 0 Å². The van der Waals surface area contributed by atoms with E-state index in [0.717, 1.165) is 0 Å². The summed E-state index contributed by atoms with van der Waals surface area (Å²) in [6.07, 6.45) is 0. The van der Waals surface area contributed by atoms with Crippen molar-refractivity contribution in [3.8, 4) is 16.8 Å². The lowest BCUT2D eigenvalue weighted by molar-refractivity contribution is 1.19. The van der Waals surface area contributed by atoms with Gasteiger partial charge in [-0.2, -0.15) is 0 Å². The van der Waals surface area contributed by atoms with E-state index in [-0.39, 0.29) is 0 Å². The van der Waals surface area contributed by atoms with Crippen molar-refractivity contribution in [2.24, 2.45) is 0 Å². The summed E-state index contributed by atoms with van der Waals surface area (Å²) >= 11 is 0. The van der Waals surface area contributed by atoms with Crippen LogP contribution in [0.4, 0.5) is 0 Å². The number of nitrogens with zero attached hydrogens (tertiary/aromatic N) is 1. The van der Waals surface area contributed by atoms with Crippen LogP contribution < -0.4 is 0 Å². The Balaban J connectivity index is 1.31. The SMILES string of the molecule is c1ccc2c(-c3cc4ccc5cc(-n6c7ccccc7c7ccccc76)cc6ccc(c3)c4c56)cccc2c1. The number of para-hydroxylation sites is 2. The molecule has 0 aliphatic rings. The van der Waals surface area contributed by atoms with Gasteiger partial charge in [0.05, 0.1) is 11.0 Å². The number of fused-ring (bicyclic) bond motifs is 4. The average Bonchev–Trinajstić information content (AvgIpc) is 3.33. The van der Waals surface area contributed by atoms with Crippen molar-refractivity contribution in [1.82, 2.24) is 4.57 Å². The van der Waals surface area contributed by atoms with Crippen molar-refractivity contribution in [3.63, 3.8) is 0 Å². The van der Waals surface area contributed by atoms with E-state index in [4.69, 9.17) is 0 Å². The Morgan fingerprint density at radius 3 is 1.46 bits per heavy atom. The van der Waals surface area contributed by atoms with Gasteiger partial charge in [-0.15, -0.1) is 0 Å². The Kier molecular flexibility index (Phi) is 4.11. The first-order chi connectivity index (χ1) is 19.3. The number of hydrogen-bond acceptors (Lipinski definition) is 0. The van der Waals surface area contributed by atoms with Gasteiger partial charge in [0.25, 0.3) is 0 Å². The smallest absolute Gasteiger partial charge is 0.0541 e. The van der Waals surface area contributed by atoms with E-state index in [1.165, 1.54) is 81.7 Å². The summed E-state index contributed by atoms with van der Waals surface area (Å²) in [6.45, 7) is 0. The first-order valence-electron chi connectivity index (χ1n) is 13.5. The Morgan fingerprint density at radius 1 is 0.359 bits per heavy atom. The molecule has 0 fully saturated rings. The standard InChI is InChI=1S/C38H23N/c1-2-10-31-24(8-1)9-7-13-32(31)29-20-25-16-18-27-22-30(23-28-19-17-26(21-29)37(25)38(27)28)39-35-14-5-3-11-33(35)34-12-4-6-15-36(34)39/h1-23H. The summed E-state index contributed by atoms with van der Waals surface area (Å²) in [7, 11) is 0. The Labute approximate surface area is 225 Å². The summed E-state index contributed by atoms with van der Waals surface area (Å²) in [6, 6.07) is 51.4. The molecule has 0 unspecified atom stereocenters. The maximum absolute atomic E-state index is 2.41. The summed E-state index contributed by atoms with van der Waals surface area (Å²) in [4.78, 5) is 0. The molecule has 1 heterocycles. The fraction of sp³-hybridized carbons (Fsp3) is 0. The van der Waals surface area contributed by atoms with E-state index >= 15 is 0 Å². The zero-order valence-electron chi connectivity index (χ0n) is 21.2. The minimum atomic E-state index is 1.20. The van der Waals surface area contributed by atoms with Crippen LogP contribution in [0, 0.1) is 0 Å². The predicted octanol–water partition coefficient (Wildman–Crippen LogP) is 10.5. The highest BCUT2D eigenvalue weighted by Gasteiger charge is 2.16. The molecular weight excluding hydrogens is 470 g/mol. The van der Waals surface area contributed by atoms with Crippen molar-refractivity contribution >= 4 is 64.9 Å². The first-order valence-corrected chi connectivity index (χ1v) is 13.5. The number of rotatable bonds is 2. The quantitative estimate of drug-likeness (QED) is 0.211. The van der Waals surface area contributed by atoms with Gasteiger partial charge in [0, 0.05) is 16.5 Å². The van der Waals surface area contributed by atoms with E-state index in [2.05, 4.69) is 144 Å². The van der Waals surface area contributed by atoms with Gasteiger partial charge >= 0.3 is 0 Å². The molecule has 0 atom stereocenters. The monoisotopic (exact) mass is 493 g/mol. The molecule has 39 heavy (non-hydrogen) atoms. The maximum Gasteiger partial charge on any atom is 0.0541 e. The van der Waals surface area contributed by atoms with Gasteiger partial charge in [0.2, 0.25) is 0 Å². The van der Waals surface area contributed by atoms with Crippen LogP contribution in [-0.4, -0.2) is 4.57 Å². The lowest BCUT2D eigenvalue weighted by Crippen LogP contribution is -1.95. The molecular formula is C38H23N. The van der Waals surface area contributed by atoms with Crippen LogP contribution in [0.25, 0.3) is 81.7 Å². The Hall–Kier alpha value is -5.14. The summed E-state index contributed by atoms with van der Waals surface area (Å²) in [5.74, 6) is 0. The third kappa shape index (κ3) is 2.90. The molecule has 0 amide bonds. The van der Waals surface area contributed by atoms with Crippen molar-refractivity contribution in [2.75, 3.05) is 0 Å². The summed E-state index contributed by atoms with van der Waals surface area (Å²) in [5.41, 5.74) is 6.24. The lowest BCUT2D eigenvalue weighted by atomic mass is 9.90. The van der Waals surface area contributed by atoms with Crippen LogP contribution in [0.15, 0.2) is 140 Å². The van der Waals surface area contributed by atoms with Gasteiger partial charge < -0.3 is 4.57 Å². The molecule has 0 bridgehead atoms. The van der Waals surface area contributed by atoms with E-state index < -0.39 is 0 Å². The molecule has 9 aromatic rings. The van der Waals surface area contributed by atoms with Gasteiger partial charge in [-0.25, -0.2) is 0 Å². The highest BCUT2D eigenvalue weighted by atomic mass is 15.0. The topological polar surface area (TPSA) is 4.93 Å². The fourth-order valence-corrected chi connectivity index (χ4v) is 6.78. The van der Waals surface area contributed by atoms with Crippen LogP contribution in [0.1, 0.15) is 0 Å². The molecule has 180 valence electrons. The molecule has 1 nitrogen and oxygen atoms in total. The third-order valence-corrected chi connectivity index (χ3v) is 8.46. The number of benzene rings is 8. The highest BCUT2D eigenvalue weighted by Crippen LogP contribution is 2.41. The van der Waals surface area contributed by atoms with Crippen LogP contribution in [0.5, 0.6) is 0 Å². The predicted molar refractivity (Wildman–Crippen MR) is 167 cm³/mol. The highest BCUT2D eigenvalue weighted by molar-refractivity contribution is 6.24. The zero-order chi connectivity index (χ0) is 25.5. The normalized spacial score (nSPS) is 12.1. The minimum Gasteiger partial charge on any atom is -0.309 e. The first kappa shape index (κ1) is 20.9. The second-order valence-electron chi connectivity index (χ2n) is 10.6. The van der Waals surface area contributed by atoms with Gasteiger partial charge in [-0.1, -0.05) is 103 Å².